The molecular weight excluding hydrogens is 695 g/mol. The Balaban J connectivity index is 4.51. The predicted octanol–water partition coefficient (Wildman–Crippen LogP) is 14.6. The Morgan fingerprint density at radius 1 is 0.500 bits per heavy atom. The molecule has 0 heterocycles. The second-order valence-corrected chi connectivity index (χ2v) is 17.2. The van der Waals surface area contributed by atoms with Crippen LogP contribution in [0.2, 0.25) is 0 Å². The van der Waals surface area contributed by atoms with Crippen LogP contribution in [0.15, 0.2) is 12.2 Å². The van der Waals surface area contributed by atoms with E-state index < -0.39 is 18.2 Å². The zero-order valence-electron chi connectivity index (χ0n) is 37.8. The molecule has 3 unspecified atom stereocenters. The summed E-state index contributed by atoms with van der Waals surface area (Å²) in [6.07, 6.45) is 48.5. The van der Waals surface area contributed by atoms with Crippen LogP contribution in [0.1, 0.15) is 271 Å². The third kappa shape index (κ3) is 39.4. The van der Waals surface area contributed by atoms with Crippen LogP contribution in [0.3, 0.4) is 0 Å². The molecule has 3 atom stereocenters. The van der Waals surface area contributed by atoms with E-state index in [-0.39, 0.29) is 24.9 Å². The van der Waals surface area contributed by atoms with Gasteiger partial charge in [-0.1, -0.05) is 226 Å². The Hall–Kier alpha value is -1.40. The van der Waals surface area contributed by atoms with Crippen molar-refractivity contribution in [2.45, 2.75) is 289 Å². The van der Waals surface area contributed by atoms with Gasteiger partial charge in [-0.2, -0.15) is 0 Å². The summed E-state index contributed by atoms with van der Waals surface area (Å²) in [4.78, 5) is 26.0. The van der Waals surface area contributed by atoms with Gasteiger partial charge in [-0.3, -0.25) is 9.59 Å². The Labute approximate surface area is 349 Å². The minimum atomic E-state index is -0.787. The maximum Gasteiger partial charge on any atom is 0.306 e. The van der Waals surface area contributed by atoms with E-state index in [1.807, 2.05) is 0 Å². The number of rotatable bonds is 45. The number of nitrogens with one attached hydrogen (secondary N) is 1. The van der Waals surface area contributed by atoms with Crippen molar-refractivity contribution in [2.75, 3.05) is 6.61 Å². The van der Waals surface area contributed by atoms with Crippen LogP contribution in [0.4, 0.5) is 0 Å². The molecular formula is C50H97NO5. The molecule has 0 bridgehead atoms. The first-order valence-corrected chi connectivity index (χ1v) is 24.9. The van der Waals surface area contributed by atoms with Crippen LogP contribution in [0, 0.1) is 0 Å². The number of ether oxygens (including phenoxy) is 1. The minimum Gasteiger partial charge on any atom is -0.462 e. The molecule has 0 rings (SSSR count). The number of aliphatic hydroxyl groups is 2. The Bertz CT molecular complexity index is 847. The smallest absolute Gasteiger partial charge is 0.306 e. The maximum atomic E-state index is 13.1. The van der Waals surface area contributed by atoms with E-state index in [0.29, 0.717) is 19.3 Å². The molecule has 0 aliphatic rings. The molecule has 1 amide bonds. The van der Waals surface area contributed by atoms with Crippen molar-refractivity contribution in [3.8, 4) is 0 Å². The van der Waals surface area contributed by atoms with Crippen LogP contribution in [-0.4, -0.2) is 46.9 Å². The first-order valence-electron chi connectivity index (χ1n) is 24.9. The van der Waals surface area contributed by atoms with Gasteiger partial charge in [0.15, 0.2) is 0 Å². The van der Waals surface area contributed by atoms with E-state index in [2.05, 4.69) is 38.2 Å². The highest BCUT2D eigenvalue weighted by Crippen LogP contribution is 2.17. The fourth-order valence-electron chi connectivity index (χ4n) is 7.78. The second kappa shape index (κ2) is 44.7. The van der Waals surface area contributed by atoms with Gasteiger partial charge in [0.1, 0.15) is 6.10 Å². The summed E-state index contributed by atoms with van der Waals surface area (Å²) in [5.41, 5.74) is 0. The van der Waals surface area contributed by atoms with Gasteiger partial charge in [0.05, 0.1) is 25.2 Å². The van der Waals surface area contributed by atoms with Crippen LogP contribution in [0.5, 0.6) is 0 Å². The van der Waals surface area contributed by atoms with Gasteiger partial charge >= 0.3 is 5.97 Å². The highest BCUT2D eigenvalue weighted by molar-refractivity contribution is 5.77. The van der Waals surface area contributed by atoms with Gasteiger partial charge in [0.2, 0.25) is 5.91 Å². The number of aliphatic hydroxyl groups excluding tert-OH is 2. The fraction of sp³-hybridized carbons (Fsp3) is 0.920. The monoisotopic (exact) mass is 792 g/mol. The van der Waals surface area contributed by atoms with Crippen LogP contribution in [0.25, 0.3) is 0 Å². The van der Waals surface area contributed by atoms with E-state index in [1.54, 1.807) is 0 Å². The maximum absolute atomic E-state index is 13.1. The van der Waals surface area contributed by atoms with Crippen molar-refractivity contribution in [1.29, 1.82) is 0 Å². The quantitative estimate of drug-likeness (QED) is 0.0324. The average molecular weight is 792 g/mol. The van der Waals surface area contributed by atoms with Crippen molar-refractivity contribution >= 4 is 11.9 Å². The fourth-order valence-corrected chi connectivity index (χ4v) is 7.78. The highest BCUT2D eigenvalue weighted by Gasteiger charge is 2.24. The summed E-state index contributed by atoms with van der Waals surface area (Å²) in [6.45, 7) is 6.47. The topological polar surface area (TPSA) is 95.9 Å². The van der Waals surface area contributed by atoms with Crippen molar-refractivity contribution in [2.24, 2.45) is 0 Å². The predicted molar refractivity (Wildman–Crippen MR) is 241 cm³/mol. The second-order valence-electron chi connectivity index (χ2n) is 17.2. The molecule has 0 saturated carbocycles. The number of hydrogen-bond acceptors (Lipinski definition) is 5. The third-order valence-corrected chi connectivity index (χ3v) is 11.6. The zero-order chi connectivity index (χ0) is 41.0. The van der Waals surface area contributed by atoms with Gasteiger partial charge in [0.25, 0.3) is 0 Å². The number of amides is 1. The zero-order valence-corrected chi connectivity index (χ0v) is 37.8. The van der Waals surface area contributed by atoms with E-state index in [0.717, 1.165) is 51.4 Å². The standard InChI is InChI=1S/C50H97NO5/c1-4-7-10-13-16-19-22-24-25-26-28-30-33-36-39-42-48(53)47(45-52)51-49(54)44-46(41-38-35-32-29-27-23-20-17-14-11-8-5-2)56-50(55)43-40-37-34-31-21-18-15-12-9-6-3/h29,32,46-48,52-53H,4-28,30-31,33-45H2,1-3H3,(H,51,54)/b32-29-. The Morgan fingerprint density at radius 3 is 1.30 bits per heavy atom. The lowest BCUT2D eigenvalue weighted by atomic mass is 10.0. The summed E-state index contributed by atoms with van der Waals surface area (Å²) in [6, 6.07) is -0.702. The molecule has 332 valence electrons. The molecule has 6 heteroatoms. The van der Waals surface area contributed by atoms with Gasteiger partial charge in [-0.15, -0.1) is 0 Å². The molecule has 56 heavy (non-hydrogen) atoms. The van der Waals surface area contributed by atoms with Crippen LogP contribution < -0.4 is 5.32 Å². The van der Waals surface area contributed by atoms with Crippen molar-refractivity contribution in [3.05, 3.63) is 12.2 Å². The first kappa shape index (κ1) is 54.6. The normalized spacial score (nSPS) is 13.3. The summed E-state index contributed by atoms with van der Waals surface area (Å²) < 4.78 is 5.89. The molecule has 0 aromatic rings. The van der Waals surface area contributed by atoms with E-state index in [1.165, 1.54) is 173 Å². The number of hydrogen-bond donors (Lipinski definition) is 3. The lowest BCUT2D eigenvalue weighted by Gasteiger charge is -2.24. The molecule has 0 spiro atoms. The number of carbonyl (C=O) groups is 2. The molecule has 0 aromatic carbocycles. The summed E-state index contributed by atoms with van der Waals surface area (Å²) >= 11 is 0. The van der Waals surface area contributed by atoms with Crippen LogP contribution >= 0.6 is 0 Å². The Kier molecular flexibility index (Phi) is 43.6. The lowest BCUT2D eigenvalue weighted by Crippen LogP contribution is -2.46. The minimum absolute atomic E-state index is 0.0632. The van der Waals surface area contributed by atoms with Gasteiger partial charge in [-0.25, -0.2) is 0 Å². The summed E-state index contributed by atoms with van der Waals surface area (Å²) in [5.74, 6) is -0.491. The molecule has 0 aliphatic heterocycles. The highest BCUT2D eigenvalue weighted by atomic mass is 16.5. The largest absolute Gasteiger partial charge is 0.462 e. The number of carbonyl (C=O) groups excluding carboxylic acids is 2. The van der Waals surface area contributed by atoms with Crippen LogP contribution in [-0.2, 0) is 14.3 Å². The van der Waals surface area contributed by atoms with Gasteiger partial charge < -0.3 is 20.3 Å². The molecule has 6 nitrogen and oxygen atoms in total. The van der Waals surface area contributed by atoms with Crippen molar-refractivity contribution in [1.82, 2.24) is 5.32 Å². The third-order valence-electron chi connectivity index (χ3n) is 11.6. The van der Waals surface area contributed by atoms with E-state index in [4.69, 9.17) is 4.74 Å². The average Bonchev–Trinajstić information content (AvgIpc) is 3.19. The molecule has 3 N–H and O–H groups in total. The van der Waals surface area contributed by atoms with E-state index in [9.17, 15) is 19.8 Å². The molecule has 0 aromatic heterocycles. The molecule has 0 fully saturated rings. The summed E-state index contributed by atoms with van der Waals surface area (Å²) in [7, 11) is 0. The molecule has 0 saturated heterocycles. The SMILES string of the molecule is CCCCCCCCC/C=C\CCCC(CC(=O)NC(CO)C(O)CCCCCCCCCCCCCCCCC)OC(=O)CCCCCCCCCCCC. The lowest BCUT2D eigenvalue weighted by molar-refractivity contribution is -0.151. The van der Waals surface area contributed by atoms with Gasteiger partial charge in [0, 0.05) is 6.42 Å². The number of esters is 1. The van der Waals surface area contributed by atoms with E-state index >= 15 is 0 Å². The first-order chi connectivity index (χ1) is 27.5. The summed E-state index contributed by atoms with van der Waals surface area (Å²) in [5, 5.41) is 23.7. The number of allylic oxidation sites excluding steroid dienone is 2. The Morgan fingerprint density at radius 2 is 0.875 bits per heavy atom. The van der Waals surface area contributed by atoms with Crippen molar-refractivity contribution in [3.63, 3.8) is 0 Å². The number of unbranched alkanes of at least 4 members (excludes halogenated alkanes) is 31. The van der Waals surface area contributed by atoms with Crippen molar-refractivity contribution < 1.29 is 24.5 Å². The van der Waals surface area contributed by atoms with Gasteiger partial charge in [-0.05, 0) is 44.9 Å². The molecule has 0 radical (unpaired) electrons. The molecule has 0 aliphatic carbocycles.